The molecule has 0 aliphatic rings. The van der Waals surface area contributed by atoms with E-state index in [1.165, 1.54) is 6.07 Å². The maximum Gasteiger partial charge on any atom is 0.126 e. The Bertz CT molecular complexity index is 260. The van der Waals surface area contributed by atoms with Crippen molar-refractivity contribution in [3.63, 3.8) is 0 Å². The van der Waals surface area contributed by atoms with Crippen LogP contribution >= 0.6 is 9.24 Å². The first-order valence-corrected chi connectivity index (χ1v) is 4.05. The van der Waals surface area contributed by atoms with Crippen molar-refractivity contribution < 1.29 is 4.39 Å². The van der Waals surface area contributed by atoms with E-state index in [4.69, 9.17) is 7.85 Å². The highest BCUT2D eigenvalue weighted by Crippen LogP contribution is 2.20. The first-order chi connectivity index (χ1) is 5.11. The highest BCUT2D eigenvalue weighted by Gasteiger charge is 2.01. The van der Waals surface area contributed by atoms with Crippen LogP contribution < -0.4 is 0 Å². The summed E-state index contributed by atoms with van der Waals surface area (Å²) in [6.07, 6.45) is 0. The Morgan fingerprint density at radius 1 is 1.55 bits per heavy atom. The van der Waals surface area contributed by atoms with Gasteiger partial charge in [-0.05, 0) is 29.7 Å². The molecule has 0 saturated heterocycles. The molecule has 0 bridgehead atoms. The molecular weight excluding hydrogens is 157 g/mol. The van der Waals surface area contributed by atoms with Crippen LogP contribution in [0.5, 0.6) is 0 Å². The van der Waals surface area contributed by atoms with Crippen molar-refractivity contribution in [2.45, 2.75) is 12.5 Å². The molecule has 1 rings (SSSR count). The highest BCUT2D eigenvalue weighted by atomic mass is 31.0. The fourth-order valence-electron chi connectivity index (χ4n) is 0.816. The molecule has 1 aromatic rings. The number of hydrogen-bond donors (Lipinski definition) is 0. The summed E-state index contributed by atoms with van der Waals surface area (Å²) in [7, 11) is 7.95. The van der Waals surface area contributed by atoms with Gasteiger partial charge in [0.1, 0.15) is 5.82 Å². The molecule has 0 spiro atoms. The summed E-state index contributed by atoms with van der Waals surface area (Å²) < 4.78 is 12.9. The average Bonchev–Trinajstić information content (AvgIpc) is 1.94. The molecule has 0 heterocycles. The van der Waals surface area contributed by atoms with E-state index in [2.05, 4.69) is 9.24 Å². The van der Waals surface area contributed by atoms with Gasteiger partial charge in [0, 0.05) is 0 Å². The molecule has 2 unspecified atom stereocenters. The first-order valence-electron chi connectivity index (χ1n) is 3.38. The SMILES string of the molecule is [B]C(P)c1ccc(C)c(F)c1. The Morgan fingerprint density at radius 3 is 2.64 bits per heavy atom. The minimum Gasteiger partial charge on any atom is -0.207 e. The Labute approximate surface area is 69.8 Å². The molecule has 0 fully saturated rings. The van der Waals surface area contributed by atoms with Crippen molar-refractivity contribution >= 4 is 17.1 Å². The summed E-state index contributed by atoms with van der Waals surface area (Å²) in [6, 6.07) is 5.03. The number of hydrogen-bond acceptors (Lipinski definition) is 0. The van der Waals surface area contributed by atoms with Crippen molar-refractivity contribution in [1.29, 1.82) is 0 Å². The summed E-state index contributed by atoms with van der Waals surface area (Å²) in [5.41, 5.74) is 1.28. The van der Waals surface area contributed by atoms with E-state index in [1.54, 1.807) is 13.0 Å². The lowest BCUT2D eigenvalue weighted by atomic mass is 9.95. The minimum atomic E-state index is -0.194. The average molecular weight is 166 g/mol. The summed E-state index contributed by atoms with van der Waals surface area (Å²) in [6.45, 7) is 1.73. The van der Waals surface area contributed by atoms with Crippen LogP contribution in [-0.2, 0) is 0 Å². The van der Waals surface area contributed by atoms with E-state index in [1.807, 2.05) is 6.07 Å². The standard InChI is InChI=1S/C8H9BFP/c1-5-2-3-6(8(9)11)4-7(5)10/h2-4,8H,11H2,1H3. The van der Waals surface area contributed by atoms with Gasteiger partial charge >= 0.3 is 0 Å². The van der Waals surface area contributed by atoms with Crippen LogP contribution in [0, 0.1) is 12.7 Å². The van der Waals surface area contributed by atoms with Gasteiger partial charge < -0.3 is 0 Å². The van der Waals surface area contributed by atoms with Crippen LogP contribution in [0.25, 0.3) is 0 Å². The van der Waals surface area contributed by atoms with Gasteiger partial charge in [-0.2, -0.15) is 0 Å². The predicted octanol–water partition coefficient (Wildman–Crippen LogP) is 2.18. The van der Waals surface area contributed by atoms with E-state index in [0.717, 1.165) is 5.56 Å². The summed E-state index contributed by atoms with van der Waals surface area (Å²) >= 11 is 0. The predicted molar refractivity (Wildman–Crippen MR) is 49.3 cm³/mol. The Balaban J connectivity index is 3.05. The molecule has 2 atom stereocenters. The van der Waals surface area contributed by atoms with Crippen LogP contribution in [0.15, 0.2) is 18.2 Å². The first kappa shape index (κ1) is 8.74. The van der Waals surface area contributed by atoms with Crippen LogP contribution in [0.3, 0.4) is 0 Å². The van der Waals surface area contributed by atoms with Crippen LogP contribution in [-0.4, -0.2) is 7.85 Å². The molecule has 0 nitrogen and oxygen atoms in total. The fourth-order valence-corrected chi connectivity index (χ4v) is 1.02. The topological polar surface area (TPSA) is 0 Å². The third-order valence-electron chi connectivity index (χ3n) is 1.58. The lowest BCUT2D eigenvalue weighted by molar-refractivity contribution is 0.617. The van der Waals surface area contributed by atoms with E-state index in [9.17, 15) is 4.39 Å². The molecule has 0 aromatic heterocycles. The smallest absolute Gasteiger partial charge is 0.126 e. The maximum absolute atomic E-state index is 12.9. The number of aryl methyl sites for hydroxylation is 1. The van der Waals surface area contributed by atoms with Gasteiger partial charge in [-0.1, -0.05) is 12.1 Å². The van der Waals surface area contributed by atoms with Gasteiger partial charge in [-0.15, -0.1) is 9.24 Å². The van der Waals surface area contributed by atoms with Crippen LogP contribution in [0.1, 0.15) is 16.7 Å². The van der Waals surface area contributed by atoms with Gasteiger partial charge in [0.2, 0.25) is 0 Å². The van der Waals surface area contributed by atoms with E-state index < -0.39 is 0 Å². The van der Waals surface area contributed by atoms with E-state index in [-0.39, 0.29) is 11.4 Å². The van der Waals surface area contributed by atoms with Crippen LogP contribution in [0.2, 0.25) is 0 Å². The number of rotatable bonds is 1. The number of halogens is 1. The lowest BCUT2D eigenvalue weighted by Gasteiger charge is -2.05. The zero-order valence-corrected chi connectivity index (χ0v) is 7.50. The third kappa shape index (κ3) is 2.03. The molecule has 0 saturated carbocycles. The van der Waals surface area contributed by atoms with Crippen molar-refractivity contribution in [3.05, 3.63) is 35.1 Å². The molecule has 0 aliphatic heterocycles. The van der Waals surface area contributed by atoms with Crippen LogP contribution in [0.4, 0.5) is 4.39 Å². The van der Waals surface area contributed by atoms with Gasteiger partial charge in [-0.25, -0.2) is 4.39 Å². The van der Waals surface area contributed by atoms with Crippen molar-refractivity contribution in [2.24, 2.45) is 0 Å². The Kier molecular flexibility index (Phi) is 2.67. The van der Waals surface area contributed by atoms with Crippen molar-refractivity contribution in [2.75, 3.05) is 0 Å². The zero-order chi connectivity index (χ0) is 8.43. The van der Waals surface area contributed by atoms with E-state index in [0.29, 0.717) is 5.56 Å². The van der Waals surface area contributed by atoms with E-state index >= 15 is 0 Å². The molecule has 2 radical (unpaired) electrons. The molecule has 0 N–H and O–H groups in total. The molecule has 56 valence electrons. The molecule has 1 aromatic carbocycles. The van der Waals surface area contributed by atoms with Gasteiger partial charge in [0.25, 0.3) is 0 Å². The maximum atomic E-state index is 12.9. The molecule has 0 aliphatic carbocycles. The Morgan fingerprint density at radius 2 is 2.18 bits per heavy atom. The fraction of sp³-hybridized carbons (Fsp3) is 0.250. The largest absolute Gasteiger partial charge is 0.207 e. The third-order valence-corrected chi connectivity index (χ3v) is 1.97. The number of benzene rings is 1. The van der Waals surface area contributed by atoms with Gasteiger partial charge in [0.05, 0.1) is 7.85 Å². The Hall–Kier alpha value is -0.355. The normalized spacial score (nSPS) is 13.0. The molecule has 3 heteroatoms. The second-order valence-electron chi connectivity index (χ2n) is 2.53. The van der Waals surface area contributed by atoms with Gasteiger partial charge in [-0.3, -0.25) is 0 Å². The van der Waals surface area contributed by atoms with Crippen molar-refractivity contribution in [1.82, 2.24) is 0 Å². The summed E-state index contributed by atoms with van der Waals surface area (Å²) in [4.78, 5) is 0. The molecular formula is C8H9BFP. The summed E-state index contributed by atoms with van der Waals surface area (Å²) in [5, 5.41) is 0. The molecule has 11 heavy (non-hydrogen) atoms. The zero-order valence-electron chi connectivity index (χ0n) is 6.34. The molecule has 0 amide bonds. The van der Waals surface area contributed by atoms with Gasteiger partial charge in [0.15, 0.2) is 0 Å². The second-order valence-corrected chi connectivity index (χ2v) is 3.25. The summed E-state index contributed by atoms with van der Waals surface area (Å²) in [5.74, 6) is -0.194. The lowest BCUT2D eigenvalue weighted by Crippen LogP contribution is -1.90. The second kappa shape index (κ2) is 3.36. The monoisotopic (exact) mass is 166 g/mol. The van der Waals surface area contributed by atoms with Crippen molar-refractivity contribution in [3.8, 4) is 0 Å². The highest BCUT2D eigenvalue weighted by molar-refractivity contribution is 7.20. The quantitative estimate of drug-likeness (QED) is 0.443. The minimum absolute atomic E-state index is 0.176.